The van der Waals surface area contributed by atoms with E-state index >= 15 is 0 Å². The first kappa shape index (κ1) is 5.55. The van der Waals surface area contributed by atoms with Crippen LogP contribution in [0.5, 0.6) is 0 Å². The van der Waals surface area contributed by atoms with Gasteiger partial charge in [-0.2, -0.15) is 0 Å². The first-order valence-electron chi connectivity index (χ1n) is 2.55. The molecule has 2 aromatic heterocycles. The van der Waals surface area contributed by atoms with Crippen molar-refractivity contribution in [2.75, 3.05) is 0 Å². The molecule has 0 aliphatic heterocycles. The van der Waals surface area contributed by atoms with Crippen molar-refractivity contribution in [2.45, 2.75) is 0 Å². The number of hydrogen-bond acceptors (Lipinski definition) is 5. The van der Waals surface area contributed by atoms with Crippen molar-refractivity contribution in [3.8, 4) is 11.6 Å². The summed E-state index contributed by atoms with van der Waals surface area (Å²) in [5.41, 5.74) is 3.36. The minimum Gasteiger partial charge on any atom is -0.422 e. The molecule has 0 spiro atoms. The smallest absolute Gasteiger partial charge is 0.266 e. The van der Waals surface area contributed by atoms with Gasteiger partial charge in [-0.15, -0.1) is 21.5 Å². The minimum atomic E-state index is 0.442. The zero-order valence-corrected chi connectivity index (χ0v) is 5.63. The van der Waals surface area contributed by atoms with Crippen LogP contribution in [0.1, 0.15) is 0 Å². The zero-order chi connectivity index (χ0) is 6.81. The predicted molar refractivity (Wildman–Crippen MR) is 34.2 cm³/mol. The lowest BCUT2D eigenvalue weighted by Gasteiger charge is -1.79. The molecule has 2 rings (SSSR count). The highest BCUT2D eigenvalue weighted by Gasteiger charge is 2.03. The van der Waals surface area contributed by atoms with Crippen molar-refractivity contribution in [1.82, 2.24) is 15.2 Å². The predicted octanol–water partition coefficient (Wildman–Crippen LogP) is 0.993. The van der Waals surface area contributed by atoms with E-state index in [-0.39, 0.29) is 0 Å². The van der Waals surface area contributed by atoms with Gasteiger partial charge >= 0.3 is 0 Å². The largest absolute Gasteiger partial charge is 0.422 e. The van der Waals surface area contributed by atoms with Crippen LogP contribution in [-0.2, 0) is 0 Å². The standard InChI is InChI=1S/C5H2N3OS/c1-4(6-3-10-1)5-8-7-2-9-5/h1-2H. The molecule has 0 unspecified atom stereocenters. The molecule has 0 bridgehead atoms. The maximum Gasteiger partial charge on any atom is 0.266 e. The third-order valence-corrected chi connectivity index (χ3v) is 1.51. The molecule has 1 radical (unpaired) electrons. The number of rotatable bonds is 1. The lowest BCUT2D eigenvalue weighted by atomic mass is 10.5. The van der Waals surface area contributed by atoms with E-state index in [1.165, 1.54) is 17.7 Å². The molecule has 0 fully saturated rings. The number of nitrogens with zero attached hydrogens (tertiary/aromatic N) is 3. The van der Waals surface area contributed by atoms with Gasteiger partial charge in [-0.25, -0.2) is 4.98 Å². The summed E-state index contributed by atoms with van der Waals surface area (Å²) in [6, 6.07) is 0. The van der Waals surface area contributed by atoms with Gasteiger partial charge in [0.1, 0.15) is 5.69 Å². The monoisotopic (exact) mass is 152 g/mol. The van der Waals surface area contributed by atoms with Crippen molar-refractivity contribution in [3.05, 3.63) is 17.3 Å². The normalized spacial score (nSPS) is 10.0. The Hall–Kier alpha value is -1.23. The van der Waals surface area contributed by atoms with Crippen LogP contribution in [0, 0.1) is 5.51 Å². The fourth-order valence-electron chi connectivity index (χ4n) is 0.567. The van der Waals surface area contributed by atoms with Crippen LogP contribution < -0.4 is 0 Å². The molecule has 0 aliphatic carbocycles. The van der Waals surface area contributed by atoms with Gasteiger partial charge in [0, 0.05) is 5.38 Å². The van der Waals surface area contributed by atoms with Crippen molar-refractivity contribution in [3.63, 3.8) is 0 Å². The third-order valence-electron chi connectivity index (χ3n) is 0.969. The van der Waals surface area contributed by atoms with E-state index in [0.29, 0.717) is 11.6 Å². The van der Waals surface area contributed by atoms with Gasteiger partial charge in [0.05, 0.1) is 0 Å². The third kappa shape index (κ3) is 0.801. The van der Waals surface area contributed by atoms with E-state index in [1.807, 2.05) is 0 Å². The average Bonchev–Trinajstić information content (AvgIpc) is 2.59. The van der Waals surface area contributed by atoms with E-state index in [0.717, 1.165) is 0 Å². The number of hydrogen-bond donors (Lipinski definition) is 0. The molecule has 4 nitrogen and oxygen atoms in total. The highest BCUT2D eigenvalue weighted by molar-refractivity contribution is 7.07. The van der Waals surface area contributed by atoms with Crippen LogP contribution in [0.15, 0.2) is 16.2 Å². The molecule has 0 N–H and O–H groups in total. The Bertz CT molecular complexity index is 256. The first-order chi connectivity index (χ1) is 4.97. The highest BCUT2D eigenvalue weighted by Crippen LogP contribution is 2.13. The maximum absolute atomic E-state index is 4.88. The van der Waals surface area contributed by atoms with Gasteiger partial charge in [0.25, 0.3) is 5.89 Å². The number of aromatic nitrogens is 3. The molecule has 5 heteroatoms. The summed E-state index contributed by atoms with van der Waals surface area (Å²) >= 11 is 1.37. The fraction of sp³-hybridized carbons (Fsp3) is 0. The average molecular weight is 152 g/mol. The summed E-state index contributed by atoms with van der Waals surface area (Å²) in [6.07, 6.45) is 1.27. The summed E-state index contributed by atoms with van der Waals surface area (Å²) < 4.78 is 4.88. The molecule has 0 atom stereocenters. The first-order valence-corrected chi connectivity index (χ1v) is 3.43. The van der Waals surface area contributed by atoms with E-state index in [1.54, 1.807) is 5.38 Å². The van der Waals surface area contributed by atoms with Crippen LogP contribution in [0.25, 0.3) is 11.6 Å². The second-order valence-electron chi connectivity index (χ2n) is 1.57. The van der Waals surface area contributed by atoms with E-state index in [9.17, 15) is 0 Å². The SMILES string of the molecule is [c]1nc(-c2nnco2)cs1. The maximum atomic E-state index is 4.88. The Balaban J connectivity index is 2.48. The summed E-state index contributed by atoms with van der Waals surface area (Å²) in [5.74, 6) is 0.442. The molecule has 0 saturated carbocycles. The van der Waals surface area contributed by atoms with Crippen molar-refractivity contribution >= 4 is 11.3 Å². The molecule has 0 aromatic carbocycles. The second-order valence-corrected chi connectivity index (χ2v) is 2.22. The lowest BCUT2D eigenvalue weighted by molar-refractivity contribution is 0.567. The Kier molecular flexibility index (Phi) is 1.21. The number of thiazole rings is 1. The van der Waals surface area contributed by atoms with Gasteiger partial charge in [0.2, 0.25) is 6.39 Å². The minimum absolute atomic E-state index is 0.442. The van der Waals surface area contributed by atoms with Crippen LogP contribution in [0.4, 0.5) is 0 Å². The zero-order valence-electron chi connectivity index (χ0n) is 4.81. The van der Waals surface area contributed by atoms with Crippen molar-refractivity contribution < 1.29 is 4.42 Å². The van der Waals surface area contributed by atoms with Gasteiger partial charge in [-0.05, 0) is 0 Å². The topological polar surface area (TPSA) is 51.8 Å². The van der Waals surface area contributed by atoms with Gasteiger partial charge in [0.15, 0.2) is 5.51 Å². The fourth-order valence-corrected chi connectivity index (χ4v) is 1.04. The van der Waals surface area contributed by atoms with Crippen molar-refractivity contribution in [2.24, 2.45) is 0 Å². The van der Waals surface area contributed by atoms with Crippen LogP contribution in [0.2, 0.25) is 0 Å². The van der Waals surface area contributed by atoms with E-state index < -0.39 is 0 Å². The van der Waals surface area contributed by atoms with Gasteiger partial charge in [-0.1, -0.05) is 0 Å². The highest BCUT2D eigenvalue weighted by atomic mass is 32.1. The summed E-state index contributed by atoms with van der Waals surface area (Å²) in [7, 11) is 0. The second kappa shape index (κ2) is 2.18. The van der Waals surface area contributed by atoms with E-state index in [2.05, 4.69) is 20.7 Å². The lowest BCUT2D eigenvalue weighted by Crippen LogP contribution is -1.75. The van der Waals surface area contributed by atoms with Crippen LogP contribution in [0.3, 0.4) is 0 Å². The van der Waals surface area contributed by atoms with Crippen LogP contribution >= 0.6 is 11.3 Å². The van der Waals surface area contributed by atoms with Gasteiger partial charge in [-0.3, -0.25) is 0 Å². The molecule has 0 aliphatic rings. The summed E-state index contributed by atoms with van der Waals surface area (Å²) in [5, 5.41) is 8.98. The molecule has 10 heavy (non-hydrogen) atoms. The summed E-state index contributed by atoms with van der Waals surface area (Å²) in [6.45, 7) is 0. The Labute approximate surface area is 60.6 Å². The molecular weight excluding hydrogens is 150 g/mol. The Morgan fingerprint density at radius 3 is 3.20 bits per heavy atom. The Morgan fingerprint density at radius 2 is 2.60 bits per heavy atom. The van der Waals surface area contributed by atoms with Crippen LogP contribution in [-0.4, -0.2) is 15.2 Å². The van der Waals surface area contributed by atoms with Crippen molar-refractivity contribution in [1.29, 1.82) is 0 Å². The molecular formula is C5H2N3OS. The molecule has 2 aromatic rings. The molecule has 2 heterocycles. The van der Waals surface area contributed by atoms with E-state index in [4.69, 9.17) is 4.42 Å². The van der Waals surface area contributed by atoms with Gasteiger partial charge < -0.3 is 4.42 Å². The molecule has 0 saturated heterocycles. The Morgan fingerprint density at radius 1 is 1.60 bits per heavy atom. The molecule has 0 amide bonds. The quantitative estimate of drug-likeness (QED) is 0.611. The summed E-state index contributed by atoms with van der Waals surface area (Å²) in [4.78, 5) is 3.86. The molecule has 49 valence electrons.